The van der Waals surface area contributed by atoms with E-state index in [0.29, 0.717) is 0 Å². The zero-order valence-electron chi connectivity index (χ0n) is 18.9. The maximum absolute atomic E-state index is 13.1. The summed E-state index contributed by atoms with van der Waals surface area (Å²) in [6.07, 6.45) is 2.19. The van der Waals surface area contributed by atoms with Crippen molar-refractivity contribution in [2.45, 2.75) is 38.0 Å². The van der Waals surface area contributed by atoms with Gasteiger partial charge in [-0.25, -0.2) is 9.59 Å². The molecular formula is C25H29N3O6. The molecule has 0 unspecified atom stereocenters. The molecule has 9 heteroatoms. The maximum Gasteiger partial charge on any atom is 0.408 e. The Labute approximate surface area is 198 Å². The first-order chi connectivity index (χ1) is 16.4. The quantitative estimate of drug-likeness (QED) is 0.323. The van der Waals surface area contributed by atoms with E-state index < -0.39 is 36.0 Å². The fourth-order valence-electron chi connectivity index (χ4n) is 3.03. The summed E-state index contributed by atoms with van der Waals surface area (Å²) in [4.78, 5) is 48.2. The number of esters is 1. The maximum atomic E-state index is 13.1. The van der Waals surface area contributed by atoms with Gasteiger partial charge in [-0.05, 0) is 17.5 Å². The molecule has 0 heterocycles. The number of carbonyl (C=O) groups is 4. The second-order valence-electron chi connectivity index (χ2n) is 7.45. The molecule has 2 rings (SSSR count). The number of hydrogen-bond donors (Lipinski definition) is 3. The van der Waals surface area contributed by atoms with E-state index >= 15 is 0 Å². The Kier molecular flexibility index (Phi) is 10.8. The van der Waals surface area contributed by atoms with Gasteiger partial charge in [-0.3, -0.25) is 9.59 Å². The van der Waals surface area contributed by atoms with Crippen LogP contribution in [0.15, 0.2) is 72.8 Å². The summed E-state index contributed by atoms with van der Waals surface area (Å²) in [6, 6.07) is 16.7. The SMILES string of the molecule is COC(=O)/C=C/[C@H](CCC(N)=O)NC(=O)[C@H](Cc1ccccc1)NC(=O)OCc1ccccc1. The van der Waals surface area contributed by atoms with Gasteiger partial charge in [-0.15, -0.1) is 0 Å². The van der Waals surface area contributed by atoms with Gasteiger partial charge in [0.05, 0.1) is 7.11 Å². The Balaban J connectivity index is 2.10. The van der Waals surface area contributed by atoms with Gasteiger partial charge < -0.3 is 25.8 Å². The lowest BCUT2D eigenvalue weighted by molar-refractivity contribution is -0.135. The van der Waals surface area contributed by atoms with Crippen LogP contribution in [0.5, 0.6) is 0 Å². The molecule has 3 amide bonds. The van der Waals surface area contributed by atoms with Crippen LogP contribution in [0.25, 0.3) is 0 Å². The smallest absolute Gasteiger partial charge is 0.408 e. The van der Waals surface area contributed by atoms with E-state index in [9.17, 15) is 19.2 Å². The van der Waals surface area contributed by atoms with Crippen LogP contribution in [-0.4, -0.2) is 43.1 Å². The third kappa shape index (κ3) is 9.99. The predicted octanol–water partition coefficient (Wildman–Crippen LogP) is 2.00. The highest BCUT2D eigenvalue weighted by molar-refractivity contribution is 5.87. The monoisotopic (exact) mass is 467 g/mol. The molecule has 0 saturated carbocycles. The molecular weight excluding hydrogens is 438 g/mol. The van der Waals surface area contributed by atoms with Crippen LogP contribution < -0.4 is 16.4 Å². The van der Waals surface area contributed by atoms with Gasteiger partial charge in [-0.1, -0.05) is 66.7 Å². The van der Waals surface area contributed by atoms with Gasteiger partial charge in [0.2, 0.25) is 11.8 Å². The van der Waals surface area contributed by atoms with Crippen molar-refractivity contribution < 1.29 is 28.7 Å². The number of amides is 3. The van der Waals surface area contributed by atoms with Gasteiger partial charge in [0.1, 0.15) is 12.6 Å². The van der Waals surface area contributed by atoms with E-state index in [2.05, 4.69) is 15.4 Å². The van der Waals surface area contributed by atoms with Crippen molar-refractivity contribution in [3.63, 3.8) is 0 Å². The van der Waals surface area contributed by atoms with E-state index in [0.717, 1.165) is 17.2 Å². The molecule has 4 N–H and O–H groups in total. The van der Waals surface area contributed by atoms with E-state index in [1.54, 1.807) is 0 Å². The molecule has 2 aromatic carbocycles. The number of rotatable bonds is 12. The molecule has 0 aromatic heterocycles. The average molecular weight is 468 g/mol. The van der Waals surface area contributed by atoms with Crippen LogP contribution in [-0.2, 0) is 36.9 Å². The minimum Gasteiger partial charge on any atom is -0.466 e. The van der Waals surface area contributed by atoms with Crippen LogP contribution in [0.3, 0.4) is 0 Å². The van der Waals surface area contributed by atoms with Crippen molar-refractivity contribution in [1.29, 1.82) is 0 Å². The summed E-state index contributed by atoms with van der Waals surface area (Å²) >= 11 is 0. The minimum absolute atomic E-state index is 0.00758. The Morgan fingerprint density at radius 2 is 1.56 bits per heavy atom. The lowest BCUT2D eigenvalue weighted by Gasteiger charge is -2.22. The fraction of sp³-hybridized carbons (Fsp3) is 0.280. The molecule has 0 spiro atoms. The van der Waals surface area contributed by atoms with E-state index in [1.165, 1.54) is 13.2 Å². The van der Waals surface area contributed by atoms with Gasteiger partial charge in [0.15, 0.2) is 0 Å². The summed E-state index contributed by atoms with van der Waals surface area (Å²) in [5.41, 5.74) is 6.85. The minimum atomic E-state index is -0.965. The molecule has 180 valence electrons. The van der Waals surface area contributed by atoms with Crippen LogP contribution in [0, 0.1) is 0 Å². The highest BCUT2D eigenvalue weighted by Gasteiger charge is 2.24. The average Bonchev–Trinajstić information content (AvgIpc) is 2.84. The normalized spacial score (nSPS) is 12.4. The molecule has 0 radical (unpaired) electrons. The zero-order chi connectivity index (χ0) is 24.8. The van der Waals surface area contributed by atoms with E-state index in [-0.39, 0.29) is 25.9 Å². The lowest BCUT2D eigenvalue weighted by Crippen LogP contribution is -2.50. The Morgan fingerprint density at radius 1 is 0.941 bits per heavy atom. The second-order valence-corrected chi connectivity index (χ2v) is 7.45. The molecule has 9 nitrogen and oxygen atoms in total. The highest BCUT2D eigenvalue weighted by Crippen LogP contribution is 2.07. The van der Waals surface area contributed by atoms with Gasteiger partial charge in [0, 0.05) is 25.0 Å². The topological polar surface area (TPSA) is 137 Å². The molecule has 34 heavy (non-hydrogen) atoms. The standard InChI is InChI=1S/C25H29N3O6/c1-33-23(30)15-13-20(12-14-22(26)29)27-24(31)21(16-18-8-4-2-5-9-18)28-25(32)34-17-19-10-6-3-7-11-19/h2-11,13,15,20-21H,12,14,16-17H2,1H3,(H2,26,29)(H,27,31)(H,28,32)/b15-13+/t20-,21-/m0/s1. The number of hydrogen-bond acceptors (Lipinski definition) is 6. The first kappa shape index (κ1) is 26.1. The summed E-state index contributed by atoms with van der Waals surface area (Å²) in [5.74, 6) is -1.67. The molecule has 0 fully saturated rings. The number of methoxy groups -OCH3 is 1. The lowest BCUT2D eigenvalue weighted by atomic mass is 10.0. The molecule has 0 aliphatic heterocycles. The zero-order valence-corrected chi connectivity index (χ0v) is 18.9. The van der Waals surface area contributed by atoms with Crippen molar-refractivity contribution in [2.24, 2.45) is 5.73 Å². The third-order valence-corrected chi connectivity index (χ3v) is 4.80. The van der Waals surface area contributed by atoms with E-state index in [1.807, 2.05) is 60.7 Å². The van der Waals surface area contributed by atoms with Crippen molar-refractivity contribution >= 4 is 23.9 Å². The van der Waals surface area contributed by atoms with Crippen molar-refractivity contribution in [1.82, 2.24) is 10.6 Å². The fourth-order valence-corrected chi connectivity index (χ4v) is 3.03. The number of alkyl carbamates (subject to hydrolysis) is 1. The van der Waals surface area contributed by atoms with Crippen molar-refractivity contribution in [3.05, 3.63) is 83.9 Å². The molecule has 0 aliphatic rings. The van der Waals surface area contributed by atoms with Gasteiger partial charge >= 0.3 is 12.1 Å². The Morgan fingerprint density at radius 3 is 2.15 bits per heavy atom. The number of primary amides is 1. The summed E-state index contributed by atoms with van der Waals surface area (Å²) in [6.45, 7) is 0.0510. The number of carbonyl (C=O) groups excluding carboxylic acids is 4. The van der Waals surface area contributed by atoms with Gasteiger partial charge in [0.25, 0.3) is 0 Å². The first-order valence-electron chi connectivity index (χ1n) is 10.7. The summed E-state index contributed by atoms with van der Waals surface area (Å²) in [7, 11) is 1.23. The number of nitrogens with one attached hydrogen (secondary N) is 2. The van der Waals surface area contributed by atoms with Crippen LogP contribution >= 0.6 is 0 Å². The summed E-state index contributed by atoms with van der Waals surface area (Å²) in [5, 5.41) is 5.34. The van der Waals surface area contributed by atoms with Crippen LogP contribution in [0.1, 0.15) is 24.0 Å². The van der Waals surface area contributed by atoms with Crippen LogP contribution in [0.2, 0.25) is 0 Å². The number of benzene rings is 2. The molecule has 2 atom stereocenters. The summed E-state index contributed by atoms with van der Waals surface area (Å²) < 4.78 is 9.83. The largest absolute Gasteiger partial charge is 0.466 e. The van der Waals surface area contributed by atoms with E-state index in [4.69, 9.17) is 10.5 Å². The molecule has 2 aromatic rings. The third-order valence-electron chi connectivity index (χ3n) is 4.80. The van der Waals surface area contributed by atoms with Crippen LogP contribution in [0.4, 0.5) is 4.79 Å². The highest BCUT2D eigenvalue weighted by atomic mass is 16.5. The van der Waals surface area contributed by atoms with Gasteiger partial charge in [-0.2, -0.15) is 0 Å². The molecule has 0 aliphatic carbocycles. The molecule has 0 saturated heterocycles. The second kappa shape index (κ2) is 14.1. The number of ether oxygens (including phenoxy) is 2. The van der Waals surface area contributed by atoms with Crippen molar-refractivity contribution in [2.75, 3.05) is 7.11 Å². The molecule has 0 bridgehead atoms. The number of nitrogens with two attached hydrogens (primary N) is 1. The van der Waals surface area contributed by atoms with Crippen molar-refractivity contribution in [3.8, 4) is 0 Å². The predicted molar refractivity (Wildman–Crippen MR) is 125 cm³/mol. The Hall–Kier alpha value is -4.14. The first-order valence-corrected chi connectivity index (χ1v) is 10.7. The Bertz CT molecular complexity index is 979.